The highest BCUT2D eigenvalue weighted by atomic mass is 79.9. The third-order valence-corrected chi connectivity index (χ3v) is 20.6. The summed E-state index contributed by atoms with van der Waals surface area (Å²) in [5.41, 5.74) is 21.0. The summed E-state index contributed by atoms with van der Waals surface area (Å²) in [7, 11) is -1.54. The van der Waals surface area contributed by atoms with Gasteiger partial charge in [-0.25, -0.2) is 0 Å². The average Bonchev–Trinajstić information content (AvgIpc) is 1.71. The van der Waals surface area contributed by atoms with Gasteiger partial charge in [0.05, 0.1) is 0 Å². The molecule has 20 aromatic rings. The molecule has 0 saturated heterocycles. The zero-order valence-corrected chi connectivity index (χ0v) is 56.9. The number of rotatable bonds is 8. The lowest BCUT2D eigenvalue weighted by Crippen LogP contribution is -2.31. The van der Waals surface area contributed by atoms with Crippen LogP contribution in [0.15, 0.2) is 377 Å². The fourth-order valence-electron chi connectivity index (χ4n) is 15.2. The molecular formula is C97H66BBrO4. The quantitative estimate of drug-likeness (QED) is 0.118. The summed E-state index contributed by atoms with van der Waals surface area (Å²) in [5.74, 6) is 0. The highest BCUT2D eigenvalue weighted by molar-refractivity contribution is 9.10. The van der Waals surface area contributed by atoms with Crippen molar-refractivity contribution in [3.63, 3.8) is 0 Å². The molecule has 20 rings (SSSR count). The van der Waals surface area contributed by atoms with E-state index in [1.165, 1.54) is 115 Å². The molecule has 0 bridgehead atoms. The lowest BCUT2D eigenvalue weighted by Gasteiger charge is -2.18. The van der Waals surface area contributed by atoms with Gasteiger partial charge in [-0.1, -0.05) is 321 Å². The standard InChI is InChI=1S/C48H30O.C30H21BO2.C18H11BrO.CH4/c1-2-11-34-28-36(25-22-31(34)10-1)32-20-23-33(24-21-32)47-40-15-3-5-17-42(40)48(43-18-6-4-16-41(43)47)38-13-9-12-35(29-38)37-26-27-46-44(30-37)39-14-7-8-19-45(39)49-46;32-31(33)30-27-11-5-3-9-25(27)29(26-10-4-6-12-28(26)30)22-16-13-21(14-17-22)24-18-15-20-7-1-2-8-23(20)19-24;19-14-5-3-4-12(10-14)13-8-9-18-16(11-13)15-6-1-2-7-17(15)20-18;/h1-30H;1-19,32-33H;1-11H;1H4. The van der Waals surface area contributed by atoms with Gasteiger partial charge < -0.3 is 18.9 Å². The van der Waals surface area contributed by atoms with Gasteiger partial charge in [0.1, 0.15) is 22.3 Å². The average molecular weight is 1390 g/mol. The second-order valence-electron chi connectivity index (χ2n) is 26.1. The van der Waals surface area contributed by atoms with Gasteiger partial charge >= 0.3 is 7.12 Å². The molecular weight excluding hydrogens is 1320 g/mol. The van der Waals surface area contributed by atoms with Gasteiger partial charge in [-0.3, -0.25) is 0 Å². The van der Waals surface area contributed by atoms with E-state index in [-0.39, 0.29) is 7.43 Å². The molecule has 0 aliphatic rings. The largest absolute Gasteiger partial charge is 0.489 e. The van der Waals surface area contributed by atoms with Gasteiger partial charge in [-0.05, 0) is 215 Å². The van der Waals surface area contributed by atoms with Crippen molar-refractivity contribution in [3.05, 3.63) is 368 Å². The minimum absolute atomic E-state index is 0. The minimum Gasteiger partial charge on any atom is -0.456 e. The van der Waals surface area contributed by atoms with E-state index in [4.69, 9.17) is 8.83 Å². The molecule has 0 unspecified atom stereocenters. The second kappa shape index (κ2) is 27.3. The van der Waals surface area contributed by atoms with E-state index in [0.29, 0.717) is 5.46 Å². The molecule has 18 aromatic carbocycles. The fraction of sp³-hybridized carbons (Fsp3) is 0.0103. The number of benzene rings is 18. The van der Waals surface area contributed by atoms with Crippen molar-refractivity contribution in [1.29, 1.82) is 0 Å². The van der Waals surface area contributed by atoms with Crippen LogP contribution in [0.1, 0.15) is 7.43 Å². The van der Waals surface area contributed by atoms with E-state index in [0.717, 1.165) is 75.6 Å². The number of furan rings is 2. The maximum absolute atomic E-state index is 10.2. The van der Waals surface area contributed by atoms with Crippen LogP contribution in [0.3, 0.4) is 0 Å². The Morgan fingerprint density at radius 3 is 0.922 bits per heavy atom. The molecule has 2 heterocycles. The molecule has 2 aromatic heterocycles. The molecule has 0 saturated carbocycles. The summed E-state index contributed by atoms with van der Waals surface area (Å²) >= 11 is 3.52. The third-order valence-electron chi connectivity index (χ3n) is 20.1. The van der Waals surface area contributed by atoms with Crippen molar-refractivity contribution in [2.24, 2.45) is 0 Å². The molecule has 4 nitrogen and oxygen atoms in total. The molecule has 0 amide bonds. The first-order chi connectivity index (χ1) is 50.3. The van der Waals surface area contributed by atoms with Gasteiger partial charge in [0.2, 0.25) is 0 Å². The van der Waals surface area contributed by atoms with Gasteiger partial charge in [-0.15, -0.1) is 0 Å². The molecule has 0 atom stereocenters. The van der Waals surface area contributed by atoms with E-state index in [2.05, 4.69) is 301 Å². The van der Waals surface area contributed by atoms with Crippen LogP contribution < -0.4 is 5.46 Å². The second-order valence-corrected chi connectivity index (χ2v) is 27.0. The van der Waals surface area contributed by atoms with Crippen LogP contribution in [0.5, 0.6) is 0 Å². The van der Waals surface area contributed by atoms with E-state index < -0.39 is 7.12 Å². The molecule has 0 aliphatic carbocycles. The lowest BCUT2D eigenvalue weighted by molar-refractivity contribution is 0.426. The monoisotopic (exact) mass is 1380 g/mol. The maximum atomic E-state index is 10.2. The number of halogens is 1. The molecule has 0 spiro atoms. The van der Waals surface area contributed by atoms with Crippen molar-refractivity contribution in [3.8, 4) is 77.9 Å². The molecule has 0 fully saturated rings. The summed E-state index contributed by atoms with van der Waals surface area (Å²) in [6.07, 6.45) is 0. The van der Waals surface area contributed by atoms with Crippen molar-refractivity contribution < 1.29 is 18.9 Å². The highest BCUT2D eigenvalue weighted by Gasteiger charge is 2.23. The van der Waals surface area contributed by atoms with Gasteiger partial charge in [0.25, 0.3) is 0 Å². The van der Waals surface area contributed by atoms with Gasteiger partial charge in [0, 0.05) is 26.0 Å². The SMILES string of the molecule is Brc1cccc(-c2ccc3oc4ccccc4c3c2)c1.C.OB(O)c1c2ccccc2c(-c2ccc(-c3ccc4ccccc4c3)cc2)c2ccccc12.c1cc(-c2ccc3oc4ccccc4c3c2)cc(-c2c3ccccc3c(-c3ccc(-c4ccc5ccccc5c4)cc3)c3ccccc23)c1. The normalized spacial score (nSPS) is 11.4. The first-order valence-corrected chi connectivity index (χ1v) is 35.2. The Labute approximate surface area is 605 Å². The molecule has 0 radical (unpaired) electrons. The molecule has 0 aliphatic heterocycles. The van der Waals surface area contributed by atoms with E-state index in [1.54, 1.807) is 0 Å². The Morgan fingerprint density at radius 1 is 0.204 bits per heavy atom. The first kappa shape index (κ1) is 64.0. The zero-order chi connectivity index (χ0) is 68.2. The Kier molecular flexibility index (Phi) is 16.9. The van der Waals surface area contributed by atoms with Crippen LogP contribution in [0.2, 0.25) is 0 Å². The van der Waals surface area contributed by atoms with Crippen LogP contribution >= 0.6 is 15.9 Å². The van der Waals surface area contributed by atoms with Crippen molar-refractivity contribution in [1.82, 2.24) is 0 Å². The van der Waals surface area contributed by atoms with Gasteiger partial charge in [0.15, 0.2) is 0 Å². The molecule has 2 N–H and O–H groups in total. The highest BCUT2D eigenvalue weighted by Crippen LogP contribution is 2.46. The predicted molar refractivity (Wildman–Crippen MR) is 441 cm³/mol. The Balaban J connectivity index is 0.000000125. The zero-order valence-electron chi connectivity index (χ0n) is 55.3. The third kappa shape index (κ3) is 12.0. The maximum Gasteiger partial charge on any atom is 0.489 e. The number of para-hydroxylation sites is 2. The van der Waals surface area contributed by atoms with Crippen LogP contribution in [0, 0.1) is 0 Å². The van der Waals surface area contributed by atoms with Crippen LogP contribution in [-0.4, -0.2) is 17.2 Å². The van der Waals surface area contributed by atoms with E-state index in [9.17, 15) is 10.0 Å². The van der Waals surface area contributed by atoms with Crippen molar-refractivity contribution in [2.75, 3.05) is 0 Å². The molecule has 6 heteroatoms. The van der Waals surface area contributed by atoms with Crippen molar-refractivity contribution in [2.45, 2.75) is 7.43 Å². The van der Waals surface area contributed by atoms with E-state index >= 15 is 0 Å². The lowest BCUT2D eigenvalue weighted by atomic mass is 9.72. The Morgan fingerprint density at radius 2 is 0.495 bits per heavy atom. The predicted octanol–water partition coefficient (Wildman–Crippen LogP) is 26.5. The first-order valence-electron chi connectivity index (χ1n) is 34.4. The van der Waals surface area contributed by atoms with Gasteiger partial charge in [-0.2, -0.15) is 0 Å². The minimum atomic E-state index is -1.54. The van der Waals surface area contributed by atoms with Crippen LogP contribution in [-0.2, 0) is 0 Å². The number of fused-ring (bicyclic) bond motifs is 12. The van der Waals surface area contributed by atoms with Crippen LogP contribution in [0.25, 0.3) is 186 Å². The van der Waals surface area contributed by atoms with Crippen molar-refractivity contribution >= 4 is 137 Å². The number of hydrogen-bond donors (Lipinski definition) is 2. The Hall–Kier alpha value is -12.4. The molecule has 103 heavy (non-hydrogen) atoms. The topological polar surface area (TPSA) is 66.7 Å². The number of hydrogen-bond acceptors (Lipinski definition) is 4. The summed E-state index contributed by atoms with van der Waals surface area (Å²) in [6.45, 7) is 0. The molecule has 488 valence electrons. The summed E-state index contributed by atoms with van der Waals surface area (Å²) in [5, 5.41) is 38.7. The fourth-order valence-corrected chi connectivity index (χ4v) is 15.6. The summed E-state index contributed by atoms with van der Waals surface area (Å²) in [4.78, 5) is 0. The Bertz CT molecular complexity index is 6510. The summed E-state index contributed by atoms with van der Waals surface area (Å²) < 4.78 is 13.1. The van der Waals surface area contributed by atoms with Crippen LogP contribution in [0.4, 0.5) is 0 Å². The summed E-state index contributed by atoms with van der Waals surface area (Å²) in [6, 6.07) is 128. The smallest absolute Gasteiger partial charge is 0.456 e. The van der Waals surface area contributed by atoms with E-state index in [1.807, 2.05) is 78.9 Å².